The monoisotopic (exact) mass is 304 g/mol. The number of fused-ring (bicyclic) bond motifs is 1. The summed E-state index contributed by atoms with van der Waals surface area (Å²) < 4.78 is 5.43. The largest absolute Gasteiger partial charge is 0.379 e. The Morgan fingerprint density at radius 2 is 2.00 bits per heavy atom. The minimum absolute atomic E-state index is 0.357. The summed E-state index contributed by atoms with van der Waals surface area (Å²) in [5.74, 6) is 0. The minimum Gasteiger partial charge on any atom is -0.379 e. The summed E-state index contributed by atoms with van der Waals surface area (Å²) in [6.45, 7) is 7.71. The molecule has 1 aromatic rings. The van der Waals surface area contributed by atoms with E-state index in [4.69, 9.17) is 10.5 Å². The highest BCUT2D eigenvalue weighted by Gasteiger charge is 2.31. The van der Waals surface area contributed by atoms with Crippen molar-refractivity contribution < 1.29 is 4.74 Å². The Kier molecular flexibility index (Phi) is 4.98. The molecule has 5 heteroatoms. The van der Waals surface area contributed by atoms with Crippen LogP contribution in [0, 0.1) is 0 Å². The first-order valence-corrected chi connectivity index (χ1v) is 8.24. The second-order valence-electron chi connectivity index (χ2n) is 6.42. The molecule has 0 saturated carbocycles. The molecule has 2 aliphatic rings. The van der Waals surface area contributed by atoms with Crippen molar-refractivity contribution in [3.05, 3.63) is 29.3 Å². The van der Waals surface area contributed by atoms with Crippen LogP contribution < -0.4 is 10.6 Å². The molecule has 22 heavy (non-hydrogen) atoms. The van der Waals surface area contributed by atoms with Gasteiger partial charge >= 0.3 is 0 Å². The first-order chi connectivity index (χ1) is 10.7. The van der Waals surface area contributed by atoms with Gasteiger partial charge in [0.2, 0.25) is 0 Å². The van der Waals surface area contributed by atoms with Crippen LogP contribution in [0.3, 0.4) is 0 Å². The van der Waals surface area contributed by atoms with Gasteiger partial charge in [0.1, 0.15) is 0 Å². The predicted octanol–water partition coefficient (Wildman–Crippen LogP) is 0.900. The summed E-state index contributed by atoms with van der Waals surface area (Å²) in [6.07, 6.45) is 0. The lowest BCUT2D eigenvalue weighted by molar-refractivity contribution is 0.0314. The molecule has 1 atom stereocenters. The molecular weight excluding hydrogens is 276 g/mol. The molecule has 1 saturated heterocycles. The van der Waals surface area contributed by atoms with Gasteiger partial charge in [0.25, 0.3) is 0 Å². The highest BCUT2D eigenvalue weighted by Crippen LogP contribution is 2.37. The van der Waals surface area contributed by atoms with Crippen LogP contribution in [0.25, 0.3) is 0 Å². The molecule has 2 aliphatic heterocycles. The van der Waals surface area contributed by atoms with E-state index in [2.05, 4.69) is 47.0 Å². The normalized spacial score (nSPS) is 22.8. The van der Waals surface area contributed by atoms with E-state index < -0.39 is 0 Å². The highest BCUT2D eigenvalue weighted by atomic mass is 16.5. The number of anilines is 1. The third kappa shape index (κ3) is 3.13. The Morgan fingerprint density at radius 3 is 2.68 bits per heavy atom. The van der Waals surface area contributed by atoms with E-state index in [0.29, 0.717) is 12.6 Å². The molecule has 122 valence electrons. The molecule has 1 aromatic carbocycles. The third-order valence-corrected chi connectivity index (χ3v) is 4.86. The van der Waals surface area contributed by atoms with Gasteiger partial charge in [0.05, 0.1) is 13.2 Å². The zero-order valence-corrected chi connectivity index (χ0v) is 13.8. The van der Waals surface area contributed by atoms with E-state index in [1.807, 2.05) is 0 Å². The maximum Gasteiger partial charge on any atom is 0.0594 e. The molecule has 3 rings (SSSR count). The van der Waals surface area contributed by atoms with E-state index in [0.717, 1.165) is 45.9 Å². The Bertz CT molecular complexity index is 499. The molecule has 0 aliphatic carbocycles. The summed E-state index contributed by atoms with van der Waals surface area (Å²) in [7, 11) is 4.23. The van der Waals surface area contributed by atoms with Gasteiger partial charge in [-0.05, 0) is 17.2 Å². The molecule has 5 nitrogen and oxygen atoms in total. The Balaban J connectivity index is 1.70. The van der Waals surface area contributed by atoms with Crippen molar-refractivity contribution in [1.82, 2.24) is 9.80 Å². The van der Waals surface area contributed by atoms with Crippen molar-refractivity contribution in [2.75, 3.05) is 64.9 Å². The topological polar surface area (TPSA) is 45.0 Å². The summed E-state index contributed by atoms with van der Waals surface area (Å²) in [5, 5.41) is 0. The van der Waals surface area contributed by atoms with Gasteiger partial charge in [-0.3, -0.25) is 9.80 Å². The number of benzene rings is 1. The number of nitrogens with two attached hydrogens (primary N) is 1. The number of hydrogen-bond donors (Lipinski definition) is 1. The maximum atomic E-state index is 6.09. The number of morpholine rings is 1. The molecule has 0 aromatic heterocycles. The first-order valence-electron chi connectivity index (χ1n) is 8.24. The Hall–Kier alpha value is -1.14. The van der Waals surface area contributed by atoms with Crippen LogP contribution in [0.2, 0.25) is 0 Å². The summed E-state index contributed by atoms with van der Waals surface area (Å²) >= 11 is 0. The molecule has 1 unspecified atom stereocenters. The molecule has 0 spiro atoms. The predicted molar refractivity (Wildman–Crippen MR) is 90.2 cm³/mol. The fraction of sp³-hybridized carbons (Fsp3) is 0.647. The van der Waals surface area contributed by atoms with Crippen molar-refractivity contribution >= 4 is 5.69 Å². The standard InChI is InChI=1S/C17H28N4O/c1-19(2)16-5-3-4-14-15(16)13-21(17(14)12-18)7-6-20-8-10-22-11-9-20/h3-5,17H,6-13,18H2,1-2H3. The van der Waals surface area contributed by atoms with Gasteiger partial charge in [-0.2, -0.15) is 0 Å². The van der Waals surface area contributed by atoms with Gasteiger partial charge in [-0.25, -0.2) is 0 Å². The van der Waals surface area contributed by atoms with Crippen LogP contribution in [0.4, 0.5) is 5.69 Å². The zero-order chi connectivity index (χ0) is 15.5. The summed E-state index contributed by atoms with van der Waals surface area (Å²) in [5.41, 5.74) is 10.3. The molecular formula is C17H28N4O. The highest BCUT2D eigenvalue weighted by molar-refractivity contribution is 5.58. The molecule has 0 bridgehead atoms. The van der Waals surface area contributed by atoms with Crippen molar-refractivity contribution in [1.29, 1.82) is 0 Å². The fourth-order valence-corrected chi connectivity index (χ4v) is 3.61. The fourth-order valence-electron chi connectivity index (χ4n) is 3.61. The van der Waals surface area contributed by atoms with Crippen LogP contribution in [0.5, 0.6) is 0 Å². The van der Waals surface area contributed by atoms with Gasteiger partial charge in [-0.1, -0.05) is 12.1 Å². The zero-order valence-electron chi connectivity index (χ0n) is 13.8. The number of ether oxygens (including phenoxy) is 1. The van der Waals surface area contributed by atoms with E-state index in [-0.39, 0.29) is 0 Å². The quantitative estimate of drug-likeness (QED) is 0.876. The number of nitrogens with zero attached hydrogens (tertiary/aromatic N) is 3. The second kappa shape index (κ2) is 6.96. The SMILES string of the molecule is CN(C)c1cccc2c1CN(CCN1CCOCC1)C2CN. The lowest BCUT2D eigenvalue weighted by Crippen LogP contribution is -2.41. The van der Waals surface area contributed by atoms with Gasteiger partial charge < -0.3 is 15.4 Å². The molecule has 0 amide bonds. The van der Waals surface area contributed by atoms with E-state index in [1.54, 1.807) is 0 Å². The lowest BCUT2D eigenvalue weighted by Gasteiger charge is -2.30. The van der Waals surface area contributed by atoms with Crippen LogP contribution in [0.1, 0.15) is 17.2 Å². The average Bonchev–Trinajstić information content (AvgIpc) is 2.91. The van der Waals surface area contributed by atoms with E-state index in [1.165, 1.54) is 16.8 Å². The van der Waals surface area contributed by atoms with Crippen LogP contribution in [0.15, 0.2) is 18.2 Å². The smallest absolute Gasteiger partial charge is 0.0594 e. The molecule has 0 radical (unpaired) electrons. The first kappa shape index (κ1) is 15.7. The maximum absolute atomic E-state index is 6.09. The van der Waals surface area contributed by atoms with E-state index in [9.17, 15) is 0 Å². The van der Waals surface area contributed by atoms with Crippen molar-refractivity contribution in [3.8, 4) is 0 Å². The minimum atomic E-state index is 0.357. The average molecular weight is 304 g/mol. The summed E-state index contributed by atoms with van der Waals surface area (Å²) in [6, 6.07) is 6.96. The lowest BCUT2D eigenvalue weighted by atomic mass is 10.0. The summed E-state index contributed by atoms with van der Waals surface area (Å²) in [4.78, 5) is 7.23. The third-order valence-electron chi connectivity index (χ3n) is 4.86. The van der Waals surface area contributed by atoms with Gasteiger partial charge in [-0.15, -0.1) is 0 Å². The molecule has 1 fully saturated rings. The second-order valence-corrected chi connectivity index (χ2v) is 6.42. The van der Waals surface area contributed by atoms with Crippen molar-refractivity contribution in [3.63, 3.8) is 0 Å². The Morgan fingerprint density at radius 1 is 1.23 bits per heavy atom. The molecule has 2 N–H and O–H groups in total. The van der Waals surface area contributed by atoms with Gasteiger partial charge in [0.15, 0.2) is 0 Å². The van der Waals surface area contributed by atoms with Gasteiger partial charge in [0, 0.05) is 65.1 Å². The molecule has 2 heterocycles. The van der Waals surface area contributed by atoms with Crippen molar-refractivity contribution in [2.45, 2.75) is 12.6 Å². The van der Waals surface area contributed by atoms with Crippen LogP contribution >= 0.6 is 0 Å². The van der Waals surface area contributed by atoms with E-state index >= 15 is 0 Å². The van der Waals surface area contributed by atoms with Crippen molar-refractivity contribution in [2.24, 2.45) is 5.73 Å². The number of rotatable bonds is 5. The Labute approximate surface area is 133 Å². The van der Waals surface area contributed by atoms with Crippen LogP contribution in [-0.2, 0) is 11.3 Å². The number of hydrogen-bond acceptors (Lipinski definition) is 5. The van der Waals surface area contributed by atoms with Crippen LogP contribution in [-0.4, -0.2) is 69.8 Å².